The SMILES string of the molecule is CN(C(N)=NCC1COC2(CCOCC2)O1)C1CC1.I. The summed E-state index contributed by atoms with van der Waals surface area (Å²) >= 11 is 0. The standard InChI is InChI=1S/C13H23N3O3.HI/c1-16(10-2-3-10)12(14)15-8-11-9-18-13(19-11)4-6-17-7-5-13;/h10-11H,2-9H2,1H3,(H2,14,15);1H. The molecule has 3 rings (SSSR count). The van der Waals surface area contributed by atoms with Crippen molar-refractivity contribution in [1.82, 2.24) is 4.90 Å². The first-order chi connectivity index (χ1) is 9.19. The van der Waals surface area contributed by atoms with Gasteiger partial charge in [0.25, 0.3) is 0 Å². The lowest BCUT2D eigenvalue weighted by molar-refractivity contribution is -0.210. The maximum absolute atomic E-state index is 6.01. The summed E-state index contributed by atoms with van der Waals surface area (Å²) < 4.78 is 17.2. The Morgan fingerprint density at radius 1 is 1.35 bits per heavy atom. The Morgan fingerprint density at radius 2 is 2.05 bits per heavy atom. The number of halogens is 1. The number of nitrogens with zero attached hydrogens (tertiary/aromatic N) is 2. The number of guanidine groups is 1. The molecule has 0 bridgehead atoms. The number of ether oxygens (including phenoxy) is 3. The molecule has 0 aromatic carbocycles. The van der Waals surface area contributed by atoms with Gasteiger partial charge in [-0.2, -0.15) is 0 Å². The van der Waals surface area contributed by atoms with Gasteiger partial charge in [-0.1, -0.05) is 0 Å². The van der Waals surface area contributed by atoms with Crippen molar-refractivity contribution in [1.29, 1.82) is 0 Å². The average molecular weight is 397 g/mol. The van der Waals surface area contributed by atoms with Crippen LogP contribution in [-0.4, -0.2) is 62.2 Å². The van der Waals surface area contributed by atoms with Crippen LogP contribution in [0.3, 0.4) is 0 Å². The topological polar surface area (TPSA) is 69.3 Å². The van der Waals surface area contributed by atoms with E-state index in [4.69, 9.17) is 19.9 Å². The molecule has 6 nitrogen and oxygen atoms in total. The summed E-state index contributed by atoms with van der Waals surface area (Å²) in [6, 6.07) is 0.589. The van der Waals surface area contributed by atoms with Gasteiger partial charge in [0.15, 0.2) is 11.7 Å². The van der Waals surface area contributed by atoms with Gasteiger partial charge in [0.2, 0.25) is 0 Å². The molecule has 2 N–H and O–H groups in total. The predicted molar refractivity (Wildman–Crippen MR) is 86.3 cm³/mol. The summed E-state index contributed by atoms with van der Waals surface area (Å²) in [5, 5.41) is 0. The van der Waals surface area contributed by atoms with Crippen LogP contribution in [0.15, 0.2) is 4.99 Å². The summed E-state index contributed by atoms with van der Waals surface area (Å²) in [7, 11) is 2.00. The zero-order chi connectivity index (χ0) is 13.3. The molecule has 0 amide bonds. The number of hydrogen-bond acceptors (Lipinski definition) is 4. The molecule has 20 heavy (non-hydrogen) atoms. The molecule has 2 saturated heterocycles. The predicted octanol–water partition coefficient (Wildman–Crippen LogP) is 0.935. The highest BCUT2D eigenvalue weighted by Crippen LogP contribution is 2.33. The van der Waals surface area contributed by atoms with E-state index >= 15 is 0 Å². The zero-order valence-electron chi connectivity index (χ0n) is 11.9. The molecule has 1 saturated carbocycles. The Bertz CT molecular complexity index is 357. The lowest BCUT2D eigenvalue weighted by Crippen LogP contribution is -2.38. The van der Waals surface area contributed by atoms with E-state index in [-0.39, 0.29) is 30.1 Å². The normalized spacial score (nSPS) is 29.2. The summed E-state index contributed by atoms with van der Waals surface area (Å²) in [5.41, 5.74) is 5.97. The average Bonchev–Trinajstić information content (AvgIpc) is 3.21. The van der Waals surface area contributed by atoms with E-state index in [1.54, 1.807) is 0 Å². The second kappa shape index (κ2) is 6.76. The minimum absolute atomic E-state index is 0. The van der Waals surface area contributed by atoms with Crippen molar-refractivity contribution < 1.29 is 14.2 Å². The summed E-state index contributed by atoms with van der Waals surface area (Å²) in [5.74, 6) is 0.189. The highest BCUT2D eigenvalue weighted by molar-refractivity contribution is 14.0. The number of aliphatic imine (C=N–C) groups is 1. The van der Waals surface area contributed by atoms with Gasteiger partial charge >= 0.3 is 0 Å². The van der Waals surface area contributed by atoms with Crippen molar-refractivity contribution in [2.45, 2.75) is 43.6 Å². The van der Waals surface area contributed by atoms with E-state index < -0.39 is 5.79 Å². The van der Waals surface area contributed by atoms with Gasteiger partial charge in [-0.25, -0.2) is 0 Å². The first-order valence-corrected chi connectivity index (χ1v) is 7.11. The Morgan fingerprint density at radius 3 is 2.70 bits per heavy atom. The molecule has 0 aromatic heterocycles. The van der Waals surface area contributed by atoms with Crippen molar-refractivity contribution >= 4 is 29.9 Å². The molecule has 7 heteroatoms. The lowest BCUT2D eigenvalue weighted by atomic mass is 10.1. The van der Waals surface area contributed by atoms with Gasteiger partial charge in [-0.15, -0.1) is 24.0 Å². The first-order valence-electron chi connectivity index (χ1n) is 7.11. The minimum atomic E-state index is -0.421. The maximum atomic E-state index is 6.01. The van der Waals surface area contributed by atoms with Crippen LogP contribution in [0.5, 0.6) is 0 Å². The van der Waals surface area contributed by atoms with Crippen LogP contribution < -0.4 is 5.73 Å². The van der Waals surface area contributed by atoms with Gasteiger partial charge in [0.05, 0.1) is 26.4 Å². The molecule has 2 aliphatic heterocycles. The zero-order valence-corrected chi connectivity index (χ0v) is 14.2. The molecule has 116 valence electrons. The van der Waals surface area contributed by atoms with Crippen LogP contribution in [0.2, 0.25) is 0 Å². The van der Waals surface area contributed by atoms with Gasteiger partial charge in [0.1, 0.15) is 6.10 Å². The van der Waals surface area contributed by atoms with E-state index in [2.05, 4.69) is 9.89 Å². The van der Waals surface area contributed by atoms with Crippen molar-refractivity contribution in [3.63, 3.8) is 0 Å². The largest absolute Gasteiger partial charge is 0.381 e. The van der Waals surface area contributed by atoms with E-state index in [0.29, 0.717) is 38.4 Å². The van der Waals surface area contributed by atoms with Crippen LogP contribution in [-0.2, 0) is 14.2 Å². The van der Waals surface area contributed by atoms with Gasteiger partial charge in [-0.3, -0.25) is 4.99 Å². The Kier molecular flexibility index (Phi) is 5.49. The Hall–Kier alpha value is -0.120. The lowest BCUT2D eigenvalue weighted by Gasteiger charge is -2.31. The molecule has 2 heterocycles. The first kappa shape index (κ1) is 16.3. The van der Waals surface area contributed by atoms with Crippen LogP contribution in [0.4, 0.5) is 0 Å². The number of nitrogens with two attached hydrogens (primary N) is 1. The quantitative estimate of drug-likeness (QED) is 0.436. The fourth-order valence-corrected chi connectivity index (χ4v) is 2.61. The molecular weight excluding hydrogens is 373 g/mol. The van der Waals surface area contributed by atoms with Crippen molar-refractivity contribution in [2.75, 3.05) is 33.4 Å². The van der Waals surface area contributed by atoms with E-state index in [1.807, 2.05) is 7.05 Å². The summed E-state index contributed by atoms with van der Waals surface area (Å²) in [6.45, 7) is 2.60. The molecule has 3 fully saturated rings. The Balaban J connectivity index is 0.00000147. The number of rotatable bonds is 3. The van der Waals surface area contributed by atoms with E-state index in [0.717, 1.165) is 12.8 Å². The summed E-state index contributed by atoms with van der Waals surface area (Å²) in [4.78, 5) is 6.49. The fourth-order valence-electron chi connectivity index (χ4n) is 2.61. The van der Waals surface area contributed by atoms with Crippen molar-refractivity contribution in [3.8, 4) is 0 Å². The van der Waals surface area contributed by atoms with Crippen LogP contribution in [0.1, 0.15) is 25.7 Å². The van der Waals surface area contributed by atoms with Gasteiger partial charge in [0, 0.05) is 25.9 Å². The molecule has 1 aliphatic carbocycles. The molecule has 1 unspecified atom stereocenters. The fraction of sp³-hybridized carbons (Fsp3) is 0.923. The monoisotopic (exact) mass is 397 g/mol. The maximum Gasteiger partial charge on any atom is 0.191 e. The third-order valence-electron chi connectivity index (χ3n) is 4.08. The highest BCUT2D eigenvalue weighted by Gasteiger charge is 2.42. The minimum Gasteiger partial charge on any atom is -0.381 e. The third kappa shape index (κ3) is 3.75. The van der Waals surface area contributed by atoms with Crippen molar-refractivity contribution in [3.05, 3.63) is 0 Å². The Labute approximate surface area is 137 Å². The second-order valence-electron chi connectivity index (χ2n) is 5.61. The van der Waals surface area contributed by atoms with E-state index in [9.17, 15) is 0 Å². The van der Waals surface area contributed by atoms with E-state index in [1.165, 1.54) is 12.8 Å². The molecular formula is C13H24IN3O3. The van der Waals surface area contributed by atoms with Crippen LogP contribution >= 0.6 is 24.0 Å². The van der Waals surface area contributed by atoms with Gasteiger partial charge in [-0.05, 0) is 12.8 Å². The summed E-state index contributed by atoms with van der Waals surface area (Å²) in [6.07, 6.45) is 4.08. The van der Waals surface area contributed by atoms with Crippen molar-refractivity contribution in [2.24, 2.45) is 10.7 Å². The number of hydrogen-bond donors (Lipinski definition) is 1. The van der Waals surface area contributed by atoms with Gasteiger partial charge < -0.3 is 24.8 Å². The molecule has 1 spiro atoms. The van der Waals surface area contributed by atoms with Crippen LogP contribution in [0, 0.1) is 0 Å². The third-order valence-corrected chi connectivity index (χ3v) is 4.08. The highest BCUT2D eigenvalue weighted by atomic mass is 127. The smallest absolute Gasteiger partial charge is 0.191 e. The second-order valence-corrected chi connectivity index (χ2v) is 5.61. The molecule has 3 aliphatic rings. The molecule has 0 aromatic rings. The van der Waals surface area contributed by atoms with Crippen LogP contribution in [0.25, 0.3) is 0 Å². The molecule has 0 radical (unpaired) electrons. The molecule has 1 atom stereocenters.